The van der Waals surface area contributed by atoms with Crippen LogP contribution in [-0.2, 0) is 0 Å². The molecule has 1 aliphatic rings. The van der Waals surface area contributed by atoms with Crippen molar-refractivity contribution >= 4 is 6.03 Å². The number of carbonyl (C=O) groups is 1. The molecule has 1 aliphatic heterocycles. The van der Waals surface area contributed by atoms with Crippen molar-refractivity contribution in [1.29, 1.82) is 0 Å². The smallest absolute Gasteiger partial charge is 0.315 e. The fourth-order valence-electron chi connectivity index (χ4n) is 3.15. The molecule has 0 saturated carbocycles. The molecule has 0 aromatic heterocycles. The molecule has 0 bridgehead atoms. The van der Waals surface area contributed by atoms with Gasteiger partial charge in [0.05, 0.1) is 0 Å². The molecule has 5 nitrogen and oxygen atoms in total. The zero-order valence-corrected chi connectivity index (χ0v) is 15.4. The second kappa shape index (κ2) is 8.49. The summed E-state index contributed by atoms with van der Waals surface area (Å²) in [6.45, 7) is 9.06. The first-order valence-electron chi connectivity index (χ1n) is 8.91. The second-order valence-electron chi connectivity index (χ2n) is 7.57. The van der Waals surface area contributed by atoms with Gasteiger partial charge in [-0.3, -0.25) is 0 Å². The van der Waals surface area contributed by atoms with E-state index < -0.39 is 0 Å². The fourth-order valence-corrected chi connectivity index (χ4v) is 3.15. The van der Waals surface area contributed by atoms with Gasteiger partial charge < -0.3 is 20.9 Å². The van der Waals surface area contributed by atoms with E-state index in [2.05, 4.69) is 60.8 Å². The second-order valence-corrected chi connectivity index (χ2v) is 7.57. The Kier molecular flexibility index (Phi) is 6.63. The predicted molar refractivity (Wildman–Crippen MR) is 99.1 cm³/mol. The average Bonchev–Trinajstić information content (AvgIpc) is 2.56. The van der Waals surface area contributed by atoms with Crippen LogP contribution in [0.15, 0.2) is 30.3 Å². The first kappa shape index (κ1) is 18.7. The van der Waals surface area contributed by atoms with Crippen LogP contribution in [0.5, 0.6) is 0 Å². The van der Waals surface area contributed by atoms with E-state index in [0.29, 0.717) is 12.6 Å². The molecular formula is C19H32N4O. The first-order valence-corrected chi connectivity index (χ1v) is 8.91. The third-order valence-electron chi connectivity index (χ3n) is 4.65. The summed E-state index contributed by atoms with van der Waals surface area (Å²) in [6, 6.07) is 10.8. The van der Waals surface area contributed by atoms with Crippen LogP contribution in [0.1, 0.15) is 45.2 Å². The largest absolute Gasteiger partial charge is 0.336 e. The molecule has 5 heteroatoms. The first-order chi connectivity index (χ1) is 11.4. The maximum Gasteiger partial charge on any atom is 0.315 e. The van der Waals surface area contributed by atoms with Crippen LogP contribution in [0.4, 0.5) is 4.79 Å². The lowest BCUT2D eigenvalue weighted by Crippen LogP contribution is -2.53. The summed E-state index contributed by atoms with van der Waals surface area (Å²) in [5.41, 5.74) is 1.07. The molecule has 1 fully saturated rings. The summed E-state index contributed by atoms with van der Waals surface area (Å²) in [5.74, 6) is 0. The molecule has 1 saturated heterocycles. The van der Waals surface area contributed by atoms with Crippen molar-refractivity contribution in [3.05, 3.63) is 35.9 Å². The highest BCUT2D eigenvalue weighted by molar-refractivity contribution is 5.74. The minimum atomic E-state index is -0.181. The number of amides is 2. The van der Waals surface area contributed by atoms with Gasteiger partial charge in [0.25, 0.3) is 0 Å². The van der Waals surface area contributed by atoms with Gasteiger partial charge in [-0.2, -0.15) is 0 Å². The van der Waals surface area contributed by atoms with Crippen LogP contribution in [0.2, 0.25) is 0 Å². The van der Waals surface area contributed by atoms with E-state index in [-0.39, 0.29) is 17.6 Å². The zero-order chi connectivity index (χ0) is 17.6. The SMILES string of the molecule is CC(NC(C)(C)CNC(=O)NC1CCN(C)CC1)c1ccccc1. The zero-order valence-electron chi connectivity index (χ0n) is 15.4. The molecular weight excluding hydrogens is 300 g/mol. The number of likely N-dealkylation sites (tertiary alicyclic amines) is 1. The fraction of sp³-hybridized carbons (Fsp3) is 0.632. The predicted octanol–water partition coefficient (Wildman–Crippen LogP) is 2.51. The van der Waals surface area contributed by atoms with E-state index in [1.807, 2.05) is 18.2 Å². The standard InChI is InChI=1S/C19H32N4O/c1-15(16-8-6-5-7-9-16)22-19(2,3)14-20-18(24)21-17-10-12-23(4)13-11-17/h5-9,15,17,22H,10-14H2,1-4H3,(H2,20,21,24). The van der Waals surface area contributed by atoms with Gasteiger partial charge >= 0.3 is 6.03 Å². The van der Waals surface area contributed by atoms with Gasteiger partial charge in [-0.1, -0.05) is 30.3 Å². The summed E-state index contributed by atoms with van der Waals surface area (Å²) in [5, 5.41) is 9.69. The van der Waals surface area contributed by atoms with Crippen molar-refractivity contribution in [3.8, 4) is 0 Å². The quantitative estimate of drug-likeness (QED) is 0.750. The lowest BCUT2D eigenvalue weighted by Gasteiger charge is -2.32. The lowest BCUT2D eigenvalue weighted by molar-refractivity contribution is 0.210. The average molecular weight is 332 g/mol. The van der Waals surface area contributed by atoms with Crippen molar-refractivity contribution in [1.82, 2.24) is 20.9 Å². The molecule has 1 aromatic carbocycles. The van der Waals surface area contributed by atoms with E-state index in [1.165, 1.54) is 5.56 Å². The Bertz CT molecular complexity index is 509. The summed E-state index contributed by atoms with van der Waals surface area (Å²) in [6.07, 6.45) is 2.05. The number of nitrogens with one attached hydrogen (secondary N) is 3. The Labute approximate surface area is 146 Å². The third-order valence-corrected chi connectivity index (χ3v) is 4.65. The van der Waals surface area contributed by atoms with Crippen molar-refractivity contribution in [3.63, 3.8) is 0 Å². The Morgan fingerprint density at radius 1 is 1.25 bits per heavy atom. The van der Waals surface area contributed by atoms with Gasteiger partial charge in [0.15, 0.2) is 0 Å². The number of benzene rings is 1. The Morgan fingerprint density at radius 2 is 1.88 bits per heavy atom. The van der Waals surface area contributed by atoms with Gasteiger partial charge in [0, 0.05) is 24.2 Å². The molecule has 1 aromatic rings. The van der Waals surface area contributed by atoms with Crippen LogP contribution in [-0.4, -0.2) is 49.2 Å². The number of hydrogen-bond acceptors (Lipinski definition) is 3. The molecule has 1 heterocycles. The number of nitrogens with zero attached hydrogens (tertiary/aromatic N) is 1. The Balaban J connectivity index is 1.74. The number of rotatable bonds is 6. The number of piperidine rings is 1. The monoisotopic (exact) mass is 332 g/mol. The minimum Gasteiger partial charge on any atom is -0.336 e. The van der Waals surface area contributed by atoms with Crippen molar-refractivity contribution in [2.45, 2.75) is 51.2 Å². The van der Waals surface area contributed by atoms with Gasteiger partial charge in [-0.05, 0) is 59.3 Å². The highest BCUT2D eigenvalue weighted by atomic mass is 16.2. The number of hydrogen-bond donors (Lipinski definition) is 3. The summed E-state index contributed by atoms with van der Waals surface area (Å²) in [4.78, 5) is 14.4. The van der Waals surface area contributed by atoms with Crippen molar-refractivity contribution < 1.29 is 4.79 Å². The highest BCUT2D eigenvalue weighted by Gasteiger charge is 2.23. The lowest BCUT2D eigenvalue weighted by atomic mass is 10.0. The topological polar surface area (TPSA) is 56.4 Å². The van der Waals surface area contributed by atoms with Gasteiger partial charge in [0.2, 0.25) is 0 Å². The molecule has 2 rings (SSSR count). The van der Waals surface area contributed by atoms with Crippen molar-refractivity contribution in [2.24, 2.45) is 0 Å². The molecule has 1 atom stereocenters. The third kappa shape index (κ3) is 6.13. The van der Waals surface area contributed by atoms with Crippen LogP contribution in [0.3, 0.4) is 0 Å². The molecule has 0 aliphatic carbocycles. The van der Waals surface area contributed by atoms with Gasteiger partial charge in [-0.25, -0.2) is 4.79 Å². The minimum absolute atomic E-state index is 0.0632. The maximum absolute atomic E-state index is 12.1. The van der Waals surface area contributed by atoms with E-state index >= 15 is 0 Å². The number of urea groups is 1. The molecule has 3 N–H and O–H groups in total. The van der Waals surface area contributed by atoms with Crippen LogP contribution >= 0.6 is 0 Å². The van der Waals surface area contributed by atoms with Gasteiger partial charge in [-0.15, -0.1) is 0 Å². The molecule has 0 radical (unpaired) electrons. The summed E-state index contributed by atoms with van der Waals surface area (Å²) in [7, 11) is 2.12. The number of carbonyl (C=O) groups excluding carboxylic acids is 1. The van der Waals surface area contributed by atoms with E-state index in [0.717, 1.165) is 25.9 Å². The highest BCUT2D eigenvalue weighted by Crippen LogP contribution is 2.15. The molecule has 0 spiro atoms. The molecule has 1 unspecified atom stereocenters. The van der Waals surface area contributed by atoms with Crippen LogP contribution < -0.4 is 16.0 Å². The van der Waals surface area contributed by atoms with E-state index in [9.17, 15) is 4.79 Å². The molecule has 2 amide bonds. The van der Waals surface area contributed by atoms with E-state index in [1.54, 1.807) is 0 Å². The maximum atomic E-state index is 12.1. The van der Waals surface area contributed by atoms with Gasteiger partial charge in [0.1, 0.15) is 0 Å². The summed E-state index contributed by atoms with van der Waals surface area (Å²) >= 11 is 0. The Hall–Kier alpha value is -1.59. The normalized spacial score (nSPS) is 18.2. The summed E-state index contributed by atoms with van der Waals surface area (Å²) < 4.78 is 0. The van der Waals surface area contributed by atoms with E-state index in [4.69, 9.17) is 0 Å². The molecule has 134 valence electrons. The van der Waals surface area contributed by atoms with Crippen LogP contribution in [0.25, 0.3) is 0 Å². The van der Waals surface area contributed by atoms with Crippen LogP contribution in [0, 0.1) is 0 Å². The molecule has 24 heavy (non-hydrogen) atoms. The Morgan fingerprint density at radius 3 is 2.50 bits per heavy atom. The van der Waals surface area contributed by atoms with Crippen molar-refractivity contribution in [2.75, 3.05) is 26.7 Å².